The molecular weight excluding hydrogens is 465 g/mol. The zero-order valence-corrected chi connectivity index (χ0v) is 17.3. The minimum Gasteiger partial charge on any atom is -1.00 e. The second-order valence-electron chi connectivity index (χ2n) is 5.25. The normalized spacial score (nSPS) is 12.0. The van der Waals surface area contributed by atoms with Crippen LogP contribution in [0, 0.1) is 0 Å². The first kappa shape index (κ1) is 24.0. The Morgan fingerprint density at radius 3 is 1.25 bits per heavy atom. The molecule has 0 radical (unpaired) electrons. The van der Waals surface area contributed by atoms with Gasteiger partial charge in [0.1, 0.15) is 5.75 Å². The van der Waals surface area contributed by atoms with Crippen molar-refractivity contribution in [1.82, 2.24) is 0 Å². The van der Waals surface area contributed by atoms with E-state index in [9.17, 15) is 17.3 Å². The SMILES string of the molecule is COc1ccc([S+](c2ccccc2)c2ccccc2)cc1.F[As](F)(F)(F)F.[F-]. The van der Waals surface area contributed by atoms with E-state index in [0.29, 0.717) is 0 Å². The van der Waals surface area contributed by atoms with Crippen molar-refractivity contribution in [2.24, 2.45) is 0 Å². The largest absolute Gasteiger partial charge is 1.00 e. The Hall–Kier alpha value is -2.05. The number of hydrogen-bond acceptors (Lipinski definition) is 1. The summed E-state index contributed by atoms with van der Waals surface area (Å²) >= 11 is -8.99. The molecule has 0 aliphatic rings. The molecule has 9 heteroatoms. The first-order valence-electron chi connectivity index (χ1n) is 7.71. The molecule has 0 aromatic heterocycles. The summed E-state index contributed by atoms with van der Waals surface area (Å²) in [5.74, 6) is 0.892. The Kier molecular flexibility index (Phi) is 8.51. The van der Waals surface area contributed by atoms with Crippen LogP contribution in [0.3, 0.4) is 0 Å². The van der Waals surface area contributed by atoms with E-state index in [1.54, 1.807) is 7.11 Å². The van der Waals surface area contributed by atoms with Crippen molar-refractivity contribution in [2.75, 3.05) is 7.11 Å². The molecule has 0 spiro atoms. The third-order valence-corrected chi connectivity index (χ3v) is 5.48. The van der Waals surface area contributed by atoms with Crippen molar-refractivity contribution in [3.8, 4) is 5.75 Å². The number of rotatable bonds is 4. The molecular formula is C19H17AsF6OS. The summed E-state index contributed by atoms with van der Waals surface area (Å²) in [6, 6.07) is 29.7. The topological polar surface area (TPSA) is 9.23 Å². The van der Waals surface area contributed by atoms with Gasteiger partial charge < -0.3 is 9.44 Å². The third kappa shape index (κ3) is 8.76. The zero-order valence-electron chi connectivity index (χ0n) is 14.6. The molecule has 0 saturated heterocycles. The fraction of sp³-hybridized carbons (Fsp3) is 0.0526. The number of hydrogen-bond donors (Lipinski definition) is 0. The summed E-state index contributed by atoms with van der Waals surface area (Å²) in [5.41, 5.74) is 0. The van der Waals surface area contributed by atoms with Gasteiger partial charge in [0.2, 0.25) is 0 Å². The maximum Gasteiger partial charge on any atom is -1.00 e. The van der Waals surface area contributed by atoms with Gasteiger partial charge in [-0.1, -0.05) is 36.4 Å². The van der Waals surface area contributed by atoms with Crippen LogP contribution in [0.25, 0.3) is 0 Å². The number of benzene rings is 3. The zero-order chi connectivity index (χ0) is 19.9. The van der Waals surface area contributed by atoms with Crippen molar-refractivity contribution in [3.05, 3.63) is 84.9 Å². The number of halogens is 6. The molecule has 0 fully saturated rings. The number of methoxy groups -OCH3 is 1. The molecule has 3 aromatic rings. The Labute approximate surface area is 165 Å². The Bertz CT molecular complexity index is 783. The Balaban J connectivity index is 0.000000492. The van der Waals surface area contributed by atoms with E-state index in [2.05, 4.69) is 72.8 Å². The van der Waals surface area contributed by atoms with Crippen molar-refractivity contribution in [1.29, 1.82) is 0 Å². The van der Waals surface area contributed by atoms with Gasteiger partial charge in [0, 0.05) is 0 Å². The molecule has 0 heterocycles. The minimum atomic E-state index is -8.99. The molecule has 1 nitrogen and oxygen atoms in total. The molecule has 3 aromatic carbocycles. The molecule has 0 unspecified atom stereocenters. The van der Waals surface area contributed by atoms with Gasteiger partial charge in [-0.2, -0.15) is 0 Å². The summed E-state index contributed by atoms with van der Waals surface area (Å²) in [4.78, 5) is 3.95. The summed E-state index contributed by atoms with van der Waals surface area (Å²) in [7, 11) is 1.62. The summed E-state index contributed by atoms with van der Waals surface area (Å²) in [5, 5.41) is 0. The van der Waals surface area contributed by atoms with Gasteiger partial charge in [0.15, 0.2) is 14.7 Å². The first-order chi connectivity index (χ1) is 12.6. The van der Waals surface area contributed by atoms with Crippen molar-refractivity contribution in [3.63, 3.8) is 0 Å². The average molecular weight is 482 g/mol. The predicted molar refractivity (Wildman–Crippen MR) is 99.3 cm³/mol. The van der Waals surface area contributed by atoms with Gasteiger partial charge in [-0.25, -0.2) is 0 Å². The second-order valence-corrected chi connectivity index (χ2v) is 9.95. The second kappa shape index (κ2) is 9.94. The van der Waals surface area contributed by atoms with Gasteiger partial charge in [0.25, 0.3) is 0 Å². The van der Waals surface area contributed by atoms with E-state index in [4.69, 9.17) is 4.74 Å². The van der Waals surface area contributed by atoms with E-state index in [-0.39, 0.29) is 15.6 Å². The van der Waals surface area contributed by atoms with E-state index in [1.807, 2.05) is 12.1 Å². The van der Waals surface area contributed by atoms with Crippen molar-refractivity contribution >= 4 is 25.7 Å². The number of ether oxygens (including phenoxy) is 1. The van der Waals surface area contributed by atoms with Gasteiger partial charge in [-0.15, -0.1) is 0 Å². The maximum atomic E-state index is 9.89. The van der Waals surface area contributed by atoms with Crippen molar-refractivity contribution < 1.29 is 26.8 Å². The first-order valence-corrected chi connectivity index (χ1v) is 12.5. The fourth-order valence-corrected chi connectivity index (χ4v) is 4.32. The van der Waals surface area contributed by atoms with Crippen LogP contribution in [-0.4, -0.2) is 21.9 Å². The van der Waals surface area contributed by atoms with E-state index >= 15 is 0 Å². The quantitative estimate of drug-likeness (QED) is 0.314. The van der Waals surface area contributed by atoms with Gasteiger partial charge in [-0.3, -0.25) is 0 Å². The van der Waals surface area contributed by atoms with E-state index in [0.717, 1.165) is 5.75 Å². The Morgan fingerprint density at radius 1 is 0.607 bits per heavy atom. The standard InChI is InChI=1S/C19H17OS.AsF5.FH/c1-20-16-12-14-19(15-13-16)21(17-8-4-2-5-9-17)18-10-6-3-7-11-18;2-1(3,4,5)6;/h2-15H,1H3;;1H/q+1;;/p-1. The smallest absolute Gasteiger partial charge is 1.00 e. The fourth-order valence-electron chi connectivity index (χ4n) is 2.23. The maximum absolute atomic E-state index is 9.89. The van der Waals surface area contributed by atoms with E-state index in [1.165, 1.54) is 14.7 Å². The molecule has 152 valence electrons. The van der Waals surface area contributed by atoms with Gasteiger partial charge >= 0.3 is 32.1 Å². The van der Waals surface area contributed by atoms with Crippen LogP contribution in [0.15, 0.2) is 99.6 Å². The third-order valence-electron chi connectivity index (χ3n) is 3.25. The molecule has 28 heavy (non-hydrogen) atoms. The van der Waals surface area contributed by atoms with Crippen LogP contribution in [0.1, 0.15) is 0 Å². The molecule has 0 atom stereocenters. The molecule has 0 N–H and O–H groups in total. The predicted octanol–water partition coefficient (Wildman–Crippen LogP) is 3.51. The molecule has 0 aliphatic carbocycles. The van der Waals surface area contributed by atoms with Gasteiger partial charge in [0.05, 0.1) is 18.0 Å². The summed E-state index contributed by atoms with van der Waals surface area (Å²) in [6.07, 6.45) is 0. The van der Waals surface area contributed by atoms with Crippen LogP contribution in [-0.2, 0) is 10.9 Å². The van der Waals surface area contributed by atoms with Crippen LogP contribution in [0.4, 0.5) is 17.3 Å². The monoisotopic (exact) mass is 482 g/mol. The Morgan fingerprint density at radius 2 is 0.929 bits per heavy atom. The summed E-state index contributed by atoms with van der Waals surface area (Å²) in [6.45, 7) is 0. The van der Waals surface area contributed by atoms with Crippen molar-refractivity contribution in [2.45, 2.75) is 14.7 Å². The summed E-state index contributed by atoms with van der Waals surface area (Å²) < 4.78 is 54.7. The molecule has 0 bridgehead atoms. The van der Waals surface area contributed by atoms with Crippen LogP contribution in [0.2, 0.25) is 0 Å². The van der Waals surface area contributed by atoms with Gasteiger partial charge in [-0.05, 0) is 48.5 Å². The van der Waals surface area contributed by atoms with Crippen LogP contribution >= 0.6 is 0 Å². The average Bonchev–Trinajstić information content (AvgIpc) is 2.62. The van der Waals surface area contributed by atoms with Crippen LogP contribution < -0.4 is 9.44 Å². The van der Waals surface area contributed by atoms with Crippen LogP contribution in [0.5, 0.6) is 5.75 Å². The molecule has 0 aliphatic heterocycles. The molecule has 0 saturated carbocycles. The molecule has 3 rings (SSSR count). The van der Waals surface area contributed by atoms with E-state index < -0.39 is 14.8 Å². The minimum absolute atomic E-state index is 0. The molecule has 0 amide bonds.